The first-order chi connectivity index (χ1) is 18.8. The number of benzene rings is 2. The number of nitrogens with zero attached hydrogens (tertiary/aromatic N) is 4. The molecule has 39 heavy (non-hydrogen) atoms. The van der Waals surface area contributed by atoms with E-state index in [1.54, 1.807) is 46.6 Å². The smallest absolute Gasteiger partial charge is 0.326 e. The fraction of sp³-hybridized carbons (Fsp3) is 0.357. The molecule has 1 saturated heterocycles. The Kier molecular flexibility index (Phi) is 7.69. The van der Waals surface area contributed by atoms with Crippen LogP contribution in [0.1, 0.15) is 48.2 Å². The number of urea groups is 1. The number of anilines is 1. The predicted molar refractivity (Wildman–Crippen MR) is 152 cm³/mol. The Balaban J connectivity index is 1.20. The van der Waals surface area contributed by atoms with Gasteiger partial charge in [0, 0.05) is 36.2 Å². The summed E-state index contributed by atoms with van der Waals surface area (Å²) in [5.41, 5.74) is 2.65. The minimum Gasteiger partial charge on any atom is -0.497 e. The van der Waals surface area contributed by atoms with Crippen LogP contribution in [0.2, 0.25) is 0 Å². The largest absolute Gasteiger partial charge is 0.497 e. The van der Waals surface area contributed by atoms with Crippen LogP contribution in [0.3, 0.4) is 0 Å². The number of nitrogens with one attached hydrogen (secondary N) is 2. The topological polar surface area (TPSA) is 113 Å². The van der Waals surface area contributed by atoms with E-state index < -0.39 is 0 Å². The number of fused-ring (bicyclic) bond motifs is 1. The van der Waals surface area contributed by atoms with E-state index >= 15 is 0 Å². The molecule has 1 aliphatic rings. The van der Waals surface area contributed by atoms with Crippen molar-refractivity contribution in [2.24, 2.45) is 0 Å². The number of rotatable bonds is 7. The number of hydrogen-bond acceptors (Lipinski definition) is 6. The Morgan fingerprint density at radius 3 is 2.56 bits per heavy atom. The first-order valence-corrected chi connectivity index (χ1v) is 13.9. The minimum atomic E-state index is -0.243. The number of ether oxygens (including phenoxy) is 1. The molecule has 1 aliphatic heterocycles. The summed E-state index contributed by atoms with van der Waals surface area (Å²) < 4.78 is 6.99. The van der Waals surface area contributed by atoms with Gasteiger partial charge in [-0.3, -0.25) is 9.36 Å². The van der Waals surface area contributed by atoms with Gasteiger partial charge in [-0.2, -0.15) is 0 Å². The summed E-state index contributed by atoms with van der Waals surface area (Å²) in [6.07, 6.45) is 1.38. The van der Waals surface area contributed by atoms with E-state index in [9.17, 15) is 14.4 Å². The Bertz CT molecular complexity index is 1510. The van der Waals surface area contributed by atoms with Gasteiger partial charge in [0.1, 0.15) is 16.5 Å². The minimum absolute atomic E-state index is 0.0347. The number of likely N-dealkylation sites (tertiary alicyclic amines) is 1. The van der Waals surface area contributed by atoms with Crippen molar-refractivity contribution in [3.63, 3.8) is 0 Å². The molecule has 5 rings (SSSR count). The highest BCUT2D eigenvalue weighted by Gasteiger charge is 2.28. The van der Waals surface area contributed by atoms with Crippen LogP contribution in [0.4, 0.5) is 10.5 Å². The zero-order valence-electron chi connectivity index (χ0n) is 22.2. The highest BCUT2D eigenvalue weighted by atomic mass is 32.1. The molecule has 4 aromatic rings. The maximum absolute atomic E-state index is 13.2. The van der Waals surface area contributed by atoms with Gasteiger partial charge in [-0.1, -0.05) is 12.1 Å². The van der Waals surface area contributed by atoms with Crippen molar-refractivity contribution in [1.29, 1.82) is 0 Å². The van der Waals surface area contributed by atoms with E-state index in [-0.39, 0.29) is 29.7 Å². The first-order valence-electron chi connectivity index (χ1n) is 13.0. The van der Waals surface area contributed by atoms with Crippen LogP contribution in [0.25, 0.3) is 11.0 Å². The van der Waals surface area contributed by atoms with Crippen LogP contribution in [-0.2, 0) is 6.54 Å². The summed E-state index contributed by atoms with van der Waals surface area (Å²) in [6.45, 7) is 5.27. The summed E-state index contributed by atoms with van der Waals surface area (Å²) in [6, 6.07) is 14.5. The van der Waals surface area contributed by atoms with Crippen LogP contribution in [-0.4, -0.2) is 62.5 Å². The number of carbonyl (C=O) groups is 2. The molecule has 2 N–H and O–H groups in total. The van der Waals surface area contributed by atoms with E-state index in [0.717, 1.165) is 11.0 Å². The van der Waals surface area contributed by atoms with Gasteiger partial charge in [-0.05, 0) is 63.1 Å². The van der Waals surface area contributed by atoms with E-state index in [4.69, 9.17) is 4.74 Å². The van der Waals surface area contributed by atoms with Gasteiger partial charge in [-0.15, -0.1) is 11.3 Å². The number of imidazole rings is 1. The van der Waals surface area contributed by atoms with Crippen LogP contribution in [0, 0.1) is 0 Å². The van der Waals surface area contributed by atoms with Crippen LogP contribution in [0.5, 0.6) is 5.75 Å². The van der Waals surface area contributed by atoms with E-state index in [2.05, 4.69) is 15.3 Å². The number of amides is 3. The summed E-state index contributed by atoms with van der Waals surface area (Å²) in [5, 5.41) is 5.36. The second-order valence-corrected chi connectivity index (χ2v) is 10.8. The Morgan fingerprint density at radius 2 is 1.87 bits per heavy atom. The molecule has 0 unspecified atom stereocenters. The Labute approximate surface area is 230 Å². The monoisotopic (exact) mass is 548 g/mol. The van der Waals surface area contributed by atoms with Gasteiger partial charge < -0.3 is 24.8 Å². The molecule has 3 amide bonds. The fourth-order valence-corrected chi connectivity index (χ4v) is 5.68. The van der Waals surface area contributed by atoms with Crippen molar-refractivity contribution in [3.8, 4) is 5.75 Å². The van der Waals surface area contributed by atoms with Gasteiger partial charge >= 0.3 is 11.7 Å². The zero-order valence-corrected chi connectivity index (χ0v) is 23.0. The lowest BCUT2D eigenvalue weighted by atomic mass is 10.0. The molecule has 2 aromatic heterocycles. The number of para-hydroxylation sites is 2. The molecule has 11 heteroatoms. The van der Waals surface area contributed by atoms with Crippen molar-refractivity contribution in [2.45, 2.75) is 45.3 Å². The van der Waals surface area contributed by atoms with Gasteiger partial charge in [0.05, 0.1) is 24.7 Å². The van der Waals surface area contributed by atoms with Gasteiger partial charge in [0.15, 0.2) is 0 Å². The third-order valence-electron chi connectivity index (χ3n) is 7.04. The lowest BCUT2D eigenvalue weighted by Crippen LogP contribution is -2.41. The normalized spacial score (nSPS) is 14.1. The molecule has 10 nitrogen and oxygen atoms in total. The molecule has 0 spiro atoms. The van der Waals surface area contributed by atoms with E-state index in [1.165, 1.54) is 11.3 Å². The molecular weight excluding hydrogens is 516 g/mol. The van der Waals surface area contributed by atoms with Crippen LogP contribution in [0.15, 0.2) is 58.7 Å². The summed E-state index contributed by atoms with van der Waals surface area (Å²) in [5.74, 6) is 0.589. The van der Waals surface area contributed by atoms with Crippen molar-refractivity contribution >= 4 is 40.0 Å². The molecule has 0 atom stereocenters. The molecule has 2 aromatic carbocycles. The van der Waals surface area contributed by atoms with Crippen LogP contribution < -0.4 is 15.7 Å². The third-order valence-corrected chi connectivity index (χ3v) is 7.88. The number of piperidine rings is 1. The molecule has 0 saturated carbocycles. The maximum atomic E-state index is 13.2. The van der Waals surface area contributed by atoms with Crippen molar-refractivity contribution in [1.82, 2.24) is 24.3 Å². The first kappa shape index (κ1) is 26.5. The number of aromatic amines is 1. The average Bonchev–Trinajstić information content (AvgIpc) is 3.55. The molecule has 0 radical (unpaired) electrons. The van der Waals surface area contributed by atoms with Gasteiger partial charge in [0.2, 0.25) is 0 Å². The second kappa shape index (κ2) is 11.3. The highest BCUT2D eigenvalue weighted by molar-refractivity contribution is 7.09. The van der Waals surface area contributed by atoms with Gasteiger partial charge in [-0.25, -0.2) is 14.6 Å². The molecule has 0 bridgehead atoms. The molecule has 204 valence electrons. The molecular formula is C28H32N6O4S. The number of methoxy groups -OCH3 is 1. The van der Waals surface area contributed by atoms with E-state index in [0.29, 0.717) is 54.6 Å². The lowest BCUT2D eigenvalue weighted by molar-refractivity contribution is 0.0689. The van der Waals surface area contributed by atoms with Crippen molar-refractivity contribution < 1.29 is 14.3 Å². The lowest BCUT2D eigenvalue weighted by Gasteiger charge is -2.32. The van der Waals surface area contributed by atoms with Crippen molar-refractivity contribution in [2.75, 3.05) is 25.5 Å². The number of hydrogen-bond donors (Lipinski definition) is 2. The number of carbonyl (C=O) groups excluding carboxylic acids is 2. The standard InChI is InChI=1S/C28H32N6O4S/c1-18(2)33(27(36)29-19-8-10-21(38-3)11-9-19)16-25-30-23(17-39-25)26(35)32-14-12-20(13-15-32)34-24-7-5-4-6-22(24)31-28(34)37/h4-11,17-18,20H,12-16H2,1-3H3,(H,29,36)(H,31,37). The Hall–Kier alpha value is -4.12. The van der Waals surface area contributed by atoms with Crippen molar-refractivity contribution in [3.05, 3.63) is 75.1 Å². The number of H-pyrrole nitrogens is 1. The third kappa shape index (κ3) is 5.68. The molecule has 1 fully saturated rings. The highest BCUT2D eigenvalue weighted by Crippen LogP contribution is 2.26. The summed E-state index contributed by atoms with van der Waals surface area (Å²) in [4.78, 5) is 49.8. The molecule has 0 aliphatic carbocycles. The Morgan fingerprint density at radius 1 is 1.15 bits per heavy atom. The predicted octanol–water partition coefficient (Wildman–Crippen LogP) is 4.71. The average molecular weight is 549 g/mol. The zero-order chi connectivity index (χ0) is 27.5. The maximum Gasteiger partial charge on any atom is 0.326 e. The molecule has 3 heterocycles. The SMILES string of the molecule is COc1ccc(NC(=O)N(Cc2nc(C(=O)N3CCC(n4c(=O)[nH]c5ccccc54)CC3)cs2)C(C)C)cc1. The quantitative estimate of drug-likeness (QED) is 0.347. The van der Waals surface area contributed by atoms with E-state index in [1.807, 2.05) is 42.7 Å². The number of thiazole rings is 1. The van der Waals surface area contributed by atoms with Gasteiger partial charge in [0.25, 0.3) is 5.91 Å². The summed E-state index contributed by atoms with van der Waals surface area (Å²) >= 11 is 1.37. The summed E-state index contributed by atoms with van der Waals surface area (Å²) in [7, 11) is 1.59. The number of aromatic nitrogens is 3. The van der Waals surface area contributed by atoms with Crippen LogP contribution >= 0.6 is 11.3 Å². The fourth-order valence-electron chi connectivity index (χ4n) is 4.91. The second-order valence-electron chi connectivity index (χ2n) is 9.85.